The Kier molecular flexibility index (Phi) is 4.79. The fourth-order valence-electron chi connectivity index (χ4n) is 2.75. The van der Waals surface area contributed by atoms with Crippen LogP contribution in [0.25, 0.3) is 0 Å². The molecule has 5 nitrogen and oxygen atoms in total. The Hall–Kier alpha value is -2.82. The number of fused-ring (bicyclic) bond motifs is 1. The van der Waals surface area contributed by atoms with Crippen molar-refractivity contribution in [1.29, 1.82) is 0 Å². The van der Waals surface area contributed by atoms with Crippen LogP contribution in [0.3, 0.4) is 0 Å². The van der Waals surface area contributed by atoms with Gasteiger partial charge in [0.15, 0.2) is 6.61 Å². The Bertz CT molecular complexity index is 744. The van der Waals surface area contributed by atoms with Gasteiger partial charge < -0.3 is 15.4 Å². The highest BCUT2D eigenvalue weighted by atomic mass is 16.5. The van der Waals surface area contributed by atoms with Gasteiger partial charge in [-0.15, -0.1) is 0 Å². The van der Waals surface area contributed by atoms with Gasteiger partial charge >= 0.3 is 0 Å². The Labute approximate surface area is 141 Å². The van der Waals surface area contributed by atoms with Gasteiger partial charge in [0.05, 0.1) is 11.7 Å². The summed E-state index contributed by atoms with van der Waals surface area (Å²) in [6.45, 7) is 2.07. The molecule has 0 unspecified atom stereocenters. The molecule has 124 valence electrons. The first-order valence-electron chi connectivity index (χ1n) is 8.10. The van der Waals surface area contributed by atoms with Gasteiger partial charge in [0.1, 0.15) is 5.75 Å². The fraction of sp³-hybridized carbons (Fsp3) is 0.263. The normalized spacial score (nSPS) is 14.1. The molecule has 0 aliphatic carbocycles. The van der Waals surface area contributed by atoms with Crippen molar-refractivity contribution >= 4 is 17.5 Å². The molecule has 0 bridgehead atoms. The van der Waals surface area contributed by atoms with Crippen LogP contribution in [0, 0.1) is 0 Å². The molecule has 0 fully saturated rings. The Balaban J connectivity index is 1.77. The third kappa shape index (κ3) is 3.56. The molecular weight excluding hydrogens is 304 g/mol. The number of nitrogens with one attached hydrogen (secondary N) is 2. The molecule has 0 spiro atoms. The average Bonchev–Trinajstić information content (AvgIpc) is 2.61. The highest BCUT2D eigenvalue weighted by Gasteiger charge is 2.19. The molecule has 0 saturated heterocycles. The van der Waals surface area contributed by atoms with Crippen molar-refractivity contribution < 1.29 is 14.3 Å². The standard InChI is InChI=1S/C19H20N2O3/c1-2-6-15(13-7-4-3-5-8-13)21-19(23)14-9-10-16-17(11-14)24-12-18(22)20-16/h3-5,7-11,15H,2,6,12H2,1H3,(H,20,22)(H,21,23)/t15-/m1/s1. The van der Waals surface area contributed by atoms with Crippen molar-refractivity contribution in [3.63, 3.8) is 0 Å². The van der Waals surface area contributed by atoms with Gasteiger partial charge in [-0.3, -0.25) is 9.59 Å². The topological polar surface area (TPSA) is 67.4 Å². The van der Waals surface area contributed by atoms with E-state index in [9.17, 15) is 9.59 Å². The lowest BCUT2D eigenvalue weighted by Gasteiger charge is -2.21. The molecule has 2 aromatic rings. The van der Waals surface area contributed by atoms with Crippen LogP contribution in [0.4, 0.5) is 5.69 Å². The van der Waals surface area contributed by atoms with E-state index in [1.807, 2.05) is 30.3 Å². The number of hydrogen-bond donors (Lipinski definition) is 2. The first kappa shape index (κ1) is 16.1. The van der Waals surface area contributed by atoms with Gasteiger partial charge in [-0.2, -0.15) is 0 Å². The summed E-state index contributed by atoms with van der Waals surface area (Å²) in [7, 11) is 0. The van der Waals surface area contributed by atoms with Crippen LogP contribution in [0.2, 0.25) is 0 Å². The molecule has 2 N–H and O–H groups in total. The number of rotatable bonds is 5. The smallest absolute Gasteiger partial charge is 0.262 e. The van der Waals surface area contributed by atoms with Gasteiger partial charge in [0, 0.05) is 5.56 Å². The molecule has 3 rings (SSSR count). The molecule has 24 heavy (non-hydrogen) atoms. The first-order valence-corrected chi connectivity index (χ1v) is 8.10. The predicted molar refractivity (Wildman–Crippen MR) is 92.1 cm³/mol. The van der Waals surface area contributed by atoms with Gasteiger partial charge in [0.2, 0.25) is 0 Å². The SMILES string of the molecule is CCC[C@@H](NC(=O)c1ccc2c(c1)OCC(=O)N2)c1ccccc1. The van der Waals surface area contributed by atoms with E-state index in [1.54, 1.807) is 18.2 Å². The zero-order chi connectivity index (χ0) is 16.9. The maximum absolute atomic E-state index is 12.6. The third-order valence-electron chi connectivity index (χ3n) is 3.96. The van der Waals surface area contributed by atoms with E-state index < -0.39 is 0 Å². The predicted octanol–water partition coefficient (Wildman–Crippen LogP) is 3.29. The second-order valence-electron chi connectivity index (χ2n) is 5.77. The largest absolute Gasteiger partial charge is 0.482 e. The van der Waals surface area contributed by atoms with Gasteiger partial charge in [0.25, 0.3) is 11.8 Å². The van der Waals surface area contributed by atoms with Crippen molar-refractivity contribution in [3.8, 4) is 5.75 Å². The Morgan fingerprint density at radius 3 is 2.79 bits per heavy atom. The quantitative estimate of drug-likeness (QED) is 0.887. The van der Waals surface area contributed by atoms with Crippen LogP contribution in [0.1, 0.15) is 41.7 Å². The van der Waals surface area contributed by atoms with Crippen molar-refractivity contribution in [2.75, 3.05) is 11.9 Å². The van der Waals surface area contributed by atoms with E-state index in [2.05, 4.69) is 17.6 Å². The van der Waals surface area contributed by atoms with Crippen molar-refractivity contribution in [2.45, 2.75) is 25.8 Å². The summed E-state index contributed by atoms with van der Waals surface area (Å²) < 4.78 is 5.37. The maximum Gasteiger partial charge on any atom is 0.262 e. The van der Waals surface area contributed by atoms with E-state index in [1.165, 1.54) is 0 Å². The van der Waals surface area contributed by atoms with Crippen molar-refractivity contribution in [2.24, 2.45) is 0 Å². The number of amides is 2. The minimum Gasteiger partial charge on any atom is -0.482 e. The molecule has 0 radical (unpaired) electrons. The van der Waals surface area contributed by atoms with E-state index in [0.717, 1.165) is 18.4 Å². The molecule has 1 aliphatic heterocycles. The summed E-state index contributed by atoms with van der Waals surface area (Å²) >= 11 is 0. The summed E-state index contributed by atoms with van der Waals surface area (Å²) in [5.41, 5.74) is 2.20. The van der Waals surface area contributed by atoms with E-state index in [0.29, 0.717) is 17.0 Å². The van der Waals surface area contributed by atoms with E-state index in [4.69, 9.17) is 4.74 Å². The highest BCUT2D eigenvalue weighted by molar-refractivity contribution is 5.99. The molecule has 2 amide bonds. The minimum atomic E-state index is -0.188. The first-order chi connectivity index (χ1) is 11.7. The lowest BCUT2D eigenvalue weighted by Crippen LogP contribution is -2.29. The second-order valence-corrected chi connectivity index (χ2v) is 5.77. The summed E-state index contributed by atoms with van der Waals surface area (Å²) in [6, 6.07) is 15.0. The van der Waals surface area contributed by atoms with Crippen molar-refractivity contribution in [1.82, 2.24) is 5.32 Å². The zero-order valence-electron chi connectivity index (χ0n) is 13.5. The van der Waals surface area contributed by atoms with Crippen LogP contribution >= 0.6 is 0 Å². The Morgan fingerprint density at radius 1 is 1.25 bits per heavy atom. The second kappa shape index (κ2) is 7.17. The van der Waals surface area contributed by atoms with E-state index >= 15 is 0 Å². The van der Waals surface area contributed by atoms with Gasteiger partial charge in [-0.1, -0.05) is 43.7 Å². The number of hydrogen-bond acceptors (Lipinski definition) is 3. The number of benzene rings is 2. The van der Waals surface area contributed by atoms with Crippen LogP contribution in [-0.2, 0) is 4.79 Å². The van der Waals surface area contributed by atoms with Crippen LogP contribution in [0.15, 0.2) is 48.5 Å². The summed E-state index contributed by atoms with van der Waals surface area (Å²) in [5.74, 6) is 0.182. The molecular formula is C19H20N2O3. The zero-order valence-corrected chi connectivity index (χ0v) is 13.5. The lowest BCUT2D eigenvalue weighted by atomic mass is 10.0. The summed E-state index contributed by atoms with van der Waals surface area (Å²) in [5, 5.41) is 5.80. The molecule has 0 saturated carbocycles. The Morgan fingerprint density at radius 2 is 2.04 bits per heavy atom. The van der Waals surface area contributed by atoms with E-state index in [-0.39, 0.29) is 24.5 Å². The number of ether oxygens (including phenoxy) is 1. The van der Waals surface area contributed by atoms with Crippen LogP contribution in [-0.4, -0.2) is 18.4 Å². The van der Waals surface area contributed by atoms with Crippen molar-refractivity contribution in [3.05, 3.63) is 59.7 Å². The molecule has 1 atom stereocenters. The number of carbonyl (C=O) groups is 2. The summed E-state index contributed by atoms with van der Waals surface area (Å²) in [4.78, 5) is 23.9. The number of carbonyl (C=O) groups excluding carboxylic acids is 2. The summed E-state index contributed by atoms with van der Waals surface area (Å²) in [6.07, 6.45) is 1.84. The monoisotopic (exact) mass is 324 g/mol. The number of anilines is 1. The minimum absolute atomic E-state index is 0.0272. The highest BCUT2D eigenvalue weighted by Crippen LogP contribution is 2.29. The van der Waals surface area contributed by atoms with Gasteiger partial charge in [-0.05, 0) is 30.2 Å². The molecule has 1 heterocycles. The third-order valence-corrected chi connectivity index (χ3v) is 3.96. The molecule has 0 aromatic heterocycles. The van der Waals surface area contributed by atoms with Crippen LogP contribution in [0.5, 0.6) is 5.75 Å². The average molecular weight is 324 g/mol. The molecule has 5 heteroatoms. The fourth-order valence-corrected chi connectivity index (χ4v) is 2.75. The molecule has 1 aliphatic rings. The van der Waals surface area contributed by atoms with Crippen LogP contribution < -0.4 is 15.4 Å². The molecule has 2 aromatic carbocycles. The lowest BCUT2D eigenvalue weighted by molar-refractivity contribution is -0.118. The maximum atomic E-state index is 12.6. The van der Waals surface area contributed by atoms with Gasteiger partial charge in [-0.25, -0.2) is 0 Å².